The summed E-state index contributed by atoms with van der Waals surface area (Å²) in [6, 6.07) is 3.13. The summed E-state index contributed by atoms with van der Waals surface area (Å²) in [5.74, 6) is 0.256. The fourth-order valence-electron chi connectivity index (χ4n) is 1.58. The van der Waals surface area contributed by atoms with Gasteiger partial charge in [-0.15, -0.1) is 11.3 Å². The summed E-state index contributed by atoms with van der Waals surface area (Å²) in [5, 5.41) is 11.9. The van der Waals surface area contributed by atoms with Gasteiger partial charge in [0.25, 0.3) is 0 Å². The number of aromatic nitrogens is 1. The molecule has 0 atom stereocenters. The quantitative estimate of drug-likeness (QED) is 0.509. The second kappa shape index (κ2) is 5.28. The van der Waals surface area contributed by atoms with Crippen LogP contribution in [0.3, 0.4) is 0 Å². The van der Waals surface area contributed by atoms with Crippen molar-refractivity contribution < 1.29 is 9.66 Å². The summed E-state index contributed by atoms with van der Waals surface area (Å²) in [7, 11) is 0. The summed E-state index contributed by atoms with van der Waals surface area (Å²) in [5.41, 5.74) is 6.06. The zero-order valence-electron chi connectivity index (χ0n) is 9.88. The van der Waals surface area contributed by atoms with Gasteiger partial charge in [-0.1, -0.05) is 0 Å². The Labute approximate surface area is 108 Å². The first-order valence-corrected chi connectivity index (χ1v) is 6.32. The molecule has 0 bridgehead atoms. The average Bonchev–Trinajstić information content (AvgIpc) is 2.67. The van der Waals surface area contributed by atoms with E-state index in [9.17, 15) is 10.1 Å². The summed E-state index contributed by atoms with van der Waals surface area (Å²) in [6.45, 7) is 2.73. The molecule has 18 heavy (non-hydrogen) atoms. The summed E-state index contributed by atoms with van der Waals surface area (Å²) >= 11 is 1.43. The minimum Gasteiger partial charge on any atom is -0.487 e. The third-order valence-corrected chi connectivity index (χ3v) is 3.31. The predicted molar refractivity (Wildman–Crippen MR) is 70.2 cm³/mol. The van der Waals surface area contributed by atoms with Crippen LogP contribution < -0.4 is 10.5 Å². The Morgan fingerprint density at radius 1 is 1.56 bits per heavy atom. The molecule has 0 fully saturated rings. The molecule has 0 aliphatic rings. The SMILES string of the molecule is Cc1nc2cc(OCCCN)c([N+](=O)[O-])cc2s1. The van der Waals surface area contributed by atoms with Crippen molar-refractivity contribution in [2.75, 3.05) is 13.2 Å². The third-order valence-electron chi connectivity index (χ3n) is 2.38. The Bertz CT molecular complexity index is 582. The molecule has 1 aromatic carbocycles. The van der Waals surface area contributed by atoms with Crippen LogP contribution in [0.15, 0.2) is 12.1 Å². The Morgan fingerprint density at radius 2 is 2.33 bits per heavy atom. The van der Waals surface area contributed by atoms with E-state index >= 15 is 0 Å². The fourth-order valence-corrected chi connectivity index (χ4v) is 2.42. The van der Waals surface area contributed by atoms with E-state index in [4.69, 9.17) is 10.5 Å². The number of thiazole rings is 1. The van der Waals surface area contributed by atoms with E-state index in [-0.39, 0.29) is 11.4 Å². The monoisotopic (exact) mass is 267 g/mol. The smallest absolute Gasteiger partial charge is 0.312 e. The van der Waals surface area contributed by atoms with Crippen molar-refractivity contribution in [3.8, 4) is 5.75 Å². The summed E-state index contributed by atoms with van der Waals surface area (Å²) < 4.78 is 6.20. The molecule has 7 heteroatoms. The number of fused-ring (bicyclic) bond motifs is 1. The van der Waals surface area contributed by atoms with Gasteiger partial charge in [-0.2, -0.15) is 0 Å². The number of nitrogens with two attached hydrogens (primary N) is 1. The number of hydrogen-bond acceptors (Lipinski definition) is 6. The minimum absolute atomic E-state index is 0.0248. The van der Waals surface area contributed by atoms with E-state index in [1.165, 1.54) is 17.4 Å². The second-order valence-electron chi connectivity index (χ2n) is 3.77. The molecule has 6 nitrogen and oxygen atoms in total. The topological polar surface area (TPSA) is 91.3 Å². The molecule has 0 radical (unpaired) electrons. The lowest BCUT2D eigenvalue weighted by molar-refractivity contribution is -0.385. The van der Waals surface area contributed by atoms with Crippen molar-refractivity contribution >= 4 is 27.2 Å². The summed E-state index contributed by atoms with van der Waals surface area (Å²) in [6.07, 6.45) is 0.658. The van der Waals surface area contributed by atoms with Gasteiger partial charge >= 0.3 is 5.69 Å². The van der Waals surface area contributed by atoms with Crippen LogP contribution in [0.4, 0.5) is 5.69 Å². The van der Waals surface area contributed by atoms with Crippen LogP contribution in [0.2, 0.25) is 0 Å². The molecule has 2 aromatic rings. The van der Waals surface area contributed by atoms with Crippen LogP contribution in [0, 0.1) is 17.0 Å². The van der Waals surface area contributed by atoms with Crippen molar-refractivity contribution in [2.45, 2.75) is 13.3 Å². The number of ether oxygens (including phenoxy) is 1. The lowest BCUT2D eigenvalue weighted by Gasteiger charge is -2.05. The zero-order valence-corrected chi connectivity index (χ0v) is 10.7. The minimum atomic E-state index is -0.438. The van der Waals surface area contributed by atoms with Crippen molar-refractivity contribution in [1.82, 2.24) is 4.98 Å². The first-order chi connectivity index (χ1) is 8.61. The van der Waals surface area contributed by atoms with Gasteiger partial charge in [0, 0.05) is 12.1 Å². The highest BCUT2D eigenvalue weighted by Gasteiger charge is 2.18. The first-order valence-electron chi connectivity index (χ1n) is 5.50. The molecule has 0 spiro atoms. The van der Waals surface area contributed by atoms with Crippen LogP contribution in [0.25, 0.3) is 10.2 Å². The van der Waals surface area contributed by atoms with Gasteiger partial charge in [0.15, 0.2) is 5.75 Å². The number of rotatable bonds is 5. The normalized spacial score (nSPS) is 10.8. The lowest BCUT2D eigenvalue weighted by Crippen LogP contribution is -2.07. The second-order valence-corrected chi connectivity index (χ2v) is 5.00. The molecule has 0 aliphatic carbocycles. The average molecular weight is 267 g/mol. The Kier molecular flexibility index (Phi) is 3.73. The molecule has 2 N–H and O–H groups in total. The molecular formula is C11H13N3O3S. The molecule has 0 saturated carbocycles. The Balaban J connectivity index is 2.40. The lowest BCUT2D eigenvalue weighted by atomic mass is 10.2. The molecule has 0 amide bonds. The molecule has 2 rings (SSSR count). The molecule has 1 aromatic heterocycles. The number of benzene rings is 1. The van der Waals surface area contributed by atoms with Crippen molar-refractivity contribution in [3.63, 3.8) is 0 Å². The molecule has 0 aliphatic heterocycles. The van der Waals surface area contributed by atoms with Crippen molar-refractivity contribution in [3.05, 3.63) is 27.3 Å². The highest BCUT2D eigenvalue weighted by Crippen LogP contribution is 2.34. The maximum absolute atomic E-state index is 11.0. The van der Waals surface area contributed by atoms with E-state index in [0.29, 0.717) is 19.6 Å². The van der Waals surface area contributed by atoms with Crippen molar-refractivity contribution in [2.24, 2.45) is 5.73 Å². The van der Waals surface area contributed by atoms with E-state index in [2.05, 4.69) is 4.98 Å². The molecule has 0 unspecified atom stereocenters. The highest BCUT2D eigenvalue weighted by molar-refractivity contribution is 7.18. The van der Waals surface area contributed by atoms with Gasteiger partial charge in [0.2, 0.25) is 0 Å². The maximum Gasteiger partial charge on any atom is 0.312 e. The zero-order chi connectivity index (χ0) is 13.1. The maximum atomic E-state index is 11.0. The van der Waals surface area contributed by atoms with E-state index < -0.39 is 4.92 Å². The van der Waals surface area contributed by atoms with E-state index in [1.54, 1.807) is 6.07 Å². The van der Waals surface area contributed by atoms with Gasteiger partial charge in [-0.25, -0.2) is 4.98 Å². The van der Waals surface area contributed by atoms with Gasteiger partial charge < -0.3 is 10.5 Å². The van der Waals surface area contributed by atoms with Crippen molar-refractivity contribution in [1.29, 1.82) is 0 Å². The van der Waals surface area contributed by atoms with Crippen LogP contribution in [-0.2, 0) is 0 Å². The number of hydrogen-bond donors (Lipinski definition) is 1. The highest BCUT2D eigenvalue weighted by atomic mass is 32.1. The number of nitro benzene ring substituents is 1. The van der Waals surface area contributed by atoms with Crippen LogP contribution in [0.1, 0.15) is 11.4 Å². The van der Waals surface area contributed by atoms with Gasteiger partial charge in [-0.3, -0.25) is 10.1 Å². The van der Waals surface area contributed by atoms with Gasteiger partial charge in [-0.05, 0) is 19.9 Å². The van der Waals surface area contributed by atoms with E-state index in [1.807, 2.05) is 6.92 Å². The number of nitro groups is 1. The van der Waals surface area contributed by atoms with Gasteiger partial charge in [0.05, 0.1) is 26.8 Å². The fraction of sp³-hybridized carbons (Fsp3) is 0.364. The summed E-state index contributed by atoms with van der Waals surface area (Å²) in [4.78, 5) is 14.8. The van der Waals surface area contributed by atoms with Crippen LogP contribution >= 0.6 is 11.3 Å². The molecule has 1 heterocycles. The third kappa shape index (κ3) is 2.57. The number of nitrogens with zero attached hydrogens (tertiary/aromatic N) is 2. The predicted octanol–water partition coefficient (Wildman–Crippen LogP) is 2.24. The van der Waals surface area contributed by atoms with Gasteiger partial charge in [0.1, 0.15) is 0 Å². The van der Waals surface area contributed by atoms with E-state index in [0.717, 1.165) is 15.2 Å². The largest absolute Gasteiger partial charge is 0.487 e. The molecular weight excluding hydrogens is 254 g/mol. The molecule has 0 saturated heterocycles. The number of aryl methyl sites for hydroxylation is 1. The molecule has 96 valence electrons. The standard InChI is InChI=1S/C11H13N3O3S/c1-7-13-8-5-10(17-4-2-3-12)9(14(15)16)6-11(8)18-7/h5-6H,2-4,12H2,1H3. The van der Waals surface area contributed by atoms with Crippen LogP contribution in [-0.4, -0.2) is 23.1 Å². The Hall–Kier alpha value is -1.73. The Morgan fingerprint density at radius 3 is 3.00 bits per heavy atom. The first kappa shape index (κ1) is 12.7. The van der Waals surface area contributed by atoms with Crippen LogP contribution in [0.5, 0.6) is 5.75 Å².